The fraction of sp³-hybridized carbons (Fsp3) is 0.174. The number of carbonyl (C=O) groups excluding carboxylic acids is 1. The van der Waals surface area contributed by atoms with E-state index < -0.39 is 10.0 Å². The average molecular weight is 439 g/mol. The van der Waals surface area contributed by atoms with E-state index in [0.717, 1.165) is 12.0 Å². The number of hydrogen-bond acceptors (Lipinski definition) is 4. The number of nitrogens with zero attached hydrogens (tertiary/aromatic N) is 1. The Hall–Kier alpha value is -2.74. The van der Waals surface area contributed by atoms with Crippen LogP contribution in [-0.4, -0.2) is 32.3 Å². The molecule has 0 saturated carbocycles. The lowest BCUT2D eigenvalue weighted by Crippen LogP contribution is -2.40. The molecular formula is C23H22N2O3S2. The number of sulfonamides is 1. The Morgan fingerprint density at radius 3 is 2.57 bits per heavy atom. The molecule has 7 heteroatoms. The number of amides is 1. The van der Waals surface area contributed by atoms with Crippen LogP contribution in [0.4, 0.5) is 0 Å². The van der Waals surface area contributed by atoms with Crippen LogP contribution in [0.3, 0.4) is 0 Å². The molecule has 2 heterocycles. The van der Waals surface area contributed by atoms with Gasteiger partial charge < -0.3 is 4.90 Å². The van der Waals surface area contributed by atoms with Crippen LogP contribution in [0.2, 0.25) is 0 Å². The van der Waals surface area contributed by atoms with Crippen molar-refractivity contribution in [3.63, 3.8) is 0 Å². The number of nitrogens with one attached hydrogen (secondary N) is 1. The average Bonchev–Trinajstić information content (AvgIpc) is 3.26. The SMILES string of the molecule is C=CCNS(=O)(=O)c1ccc(C(=O)N2CCc3sccc3[C@@H]2c2ccccc2)cc1. The maximum absolute atomic E-state index is 13.4. The van der Waals surface area contributed by atoms with Gasteiger partial charge in [-0.15, -0.1) is 17.9 Å². The number of fused-ring (bicyclic) bond motifs is 1. The van der Waals surface area contributed by atoms with E-state index in [2.05, 4.69) is 22.7 Å². The Kier molecular flexibility index (Phi) is 5.85. The van der Waals surface area contributed by atoms with Crippen LogP contribution in [-0.2, 0) is 16.4 Å². The first-order valence-corrected chi connectivity index (χ1v) is 12.0. The molecule has 5 nitrogen and oxygen atoms in total. The molecule has 1 atom stereocenters. The molecule has 1 aliphatic rings. The molecule has 0 fully saturated rings. The fourth-order valence-corrected chi connectivity index (χ4v) is 5.63. The van der Waals surface area contributed by atoms with Crippen molar-refractivity contribution >= 4 is 27.3 Å². The summed E-state index contributed by atoms with van der Waals surface area (Å²) >= 11 is 1.73. The third kappa shape index (κ3) is 3.96. The number of carbonyl (C=O) groups is 1. The van der Waals surface area contributed by atoms with Crippen molar-refractivity contribution in [2.45, 2.75) is 17.4 Å². The predicted molar refractivity (Wildman–Crippen MR) is 119 cm³/mol. The summed E-state index contributed by atoms with van der Waals surface area (Å²) in [4.78, 5) is 16.7. The van der Waals surface area contributed by atoms with Crippen molar-refractivity contribution in [3.05, 3.63) is 100 Å². The Labute approximate surface area is 180 Å². The van der Waals surface area contributed by atoms with Crippen LogP contribution in [0.15, 0.2) is 83.6 Å². The maximum atomic E-state index is 13.4. The van der Waals surface area contributed by atoms with Crippen molar-refractivity contribution in [2.75, 3.05) is 13.1 Å². The van der Waals surface area contributed by atoms with Crippen LogP contribution >= 0.6 is 11.3 Å². The molecule has 30 heavy (non-hydrogen) atoms. The van der Waals surface area contributed by atoms with Crippen LogP contribution in [0, 0.1) is 0 Å². The van der Waals surface area contributed by atoms with Gasteiger partial charge in [0.1, 0.15) is 0 Å². The summed E-state index contributed by atoms with van der Waals surface area (Å²) in [6, 6.07) is 18.1. The van der Waals surface area contributed by atoms with E-state index >= 15 is 0 Å². The number of hydrogen-bond donors (Lipinski definition) is 1. The zero-order valence-corrected chi connectivity index (χ0v) is 18.0. The third-order valence-electron chi connectivity index (χ3n) is 5.17. The lowest BCUT2D eigenvalue weighted by molar-refractivity contribution is 0.0696. The monoisotopic (exact) mass is 438 g/mol. The molecule has 3 aromatic rings. The summed E-state index contributed by atoms with van der Waals surface area (Å²) in [6.45, 7) is 4.28. The second-order valence-corrected chi connectivity index (χ2v) is 9.79. The zero-order chi connectivity index (χ0) is 21.1. The van der Waals surface area contributed by atoms with Gasteiger partial charge in [0.15, 0.2) is 0 Å². The first kappa shape index (κ1) is 20.5. The van der Waals surface area contributed by atoms with Crippen molar-refractivity contribution in [3.8, 4) is 0 Å². The van der Waals surface area contributed by atoms with Gasteiger partial charge in [-0.3, -0.25) is 4.79 Å². The molecule has 0 aliphatic carbocycles. The highest BCUT2D eigenvalue weighted by Crippen LogP contribution is 2.38. The molecule has 0 saturated heterocycles. The molecule has 1 aliphatic heterocycles. The van der Waals surface area contributed by atoms with E-state index in [4.69, 9.17) is 0 Å². The van der Waals surface area contributed by atoms with Crippen molar-refractivity contribution < 1.29 is 13.2 Å². The minimum Gasteiger partial charge on any atom is -0.327 e. The van der Waals surface area contributed by atoms with Gasteiger partial charge in [-0.2, -0.15) is 0 Å². The molecule has 0 bridgehead atoms. The fourth-order valence-electron chi connectivity index (χ4n) is 3.72. The van der Waals surface area contributed by atoms with Crippen LogP contribution < -0.4 is 4.72 Å². The predicted octanol–water partition coefficient (Wildman–Crippen LogP) is 4.00. The Balaban J connectivity index is 1.64. The van der Waals surface area contributed by atoms with Gasteiger partial charge in [0.05, 0.1) is 10.9 Å². The highest BCUT2D eigenvalue weighted by molar-refractivity contribution is 7.89. The van der Waals surface area contributed by atoms with E-state index in [1.165, 1.54) is 28.6 Å². The number of thiophene rings is 1. The standard InChI is InChI=1S/C23H22N2O3S2/c1-2-14-24-30(27,28)19-10-8-18(9-11-19)23(26)25-15-12-21-20(13-16-29-21)22(25)17-6-4-3-5-7-17/h2-11,13,16,22,24H,1,12,14-15H2/t22-/m0/s1. The van der Waals surface area contributed by atoms with E-state index in [9.17, 15) is 13.2 Å². The van der Waals surface area contributed by atoms with Gasteiger partial charge in [0.25, 0.3) is 5.91 Å². The van der Waals surface area contributed by atoms with Gasteiger partial charge in [-0.25, -0.2) is 13.1 Å². The molecule has 4 rings (SSSR count). The van der Waals surface area contributed by atoms with Crippen molar-refractivity contribution in [1.29, 1.82) is 0 Å². The second kappa shape index (κ2) is 8.55. The Bertz CT molecular complexity index is 1150. The molecular weight excluding hydrogens is 416 g/mol. The van der Waals surface area contributed by atoms with Crippen LogP contribution in [0.5, 0.6) is 0 Å². The Morgan fingerprint density at radius 2 is 1.87 bits per heavy atom. The molecule has 1 N–H and O–H groups in total. The van der Waals surface area contributed by atoms with E-state index in [1.54, 1.807) is 23.5 Å². The summed E-state index contributed by atoms with van der Waals surface area (Å²) in [6.07, 6.45) is 2.30. The van der Waals surface area contributed by atoms with Crippen molar-refractivity contribution in [1.82, 2.24) is 9.62 Å². The number of benzene rings is 2. The third-order valence-corrected chi connectivity index (χ3v) is 7.61. The van der Waals surface area contributed by atoms with Gasteiger partial charge in [0.2, 0.25) is 10.0 Å². The molecule has 0 radical (unpaired) electrons. The highest BCUT2D eigenvalue weighted by atomic mass is 32.2. The normalized spacial score (nSPS) is 16.1. The van der Waals surface area contributed by atoms with Crippen LogP contribution in [0.1, 0.15) is 32.4 Å². The molecule has 0 spiro atoms. The van der Waals surface area contributed by atoms with E-state index in [1.807, 2.05) is 35.2 Å². The maximum Gasteiger partial charge on any atom is 0.254 e. The van der Waals surface area contributed by atoms with Gasteiger partial charge in [-0.05, 0) is 53.3 Å². The zero-order valence-electron chi connectivity index (χ0n) is 16.3. The molecule has 1 amide bonds. The summed E-state index contributed by atoms with van der Waals surface area (Å²) in [7, 11) is -3.62. The molecule has 0 unspecified atom stereocenters. The van der Waals surface area contributed by atoms with Crippen molar-refractivity contribution in [2.24, 2.45) is 0 Å². The summed E-state index contributed by atoms with van der Waals surface area (Å²) in [5.74, 6) is -0.108. The van der Waals surface area contributed by atoms with E-state index in [-0.39, 0.29) is 23.4 Å². The Morgan fingerprint density at radius 1 is 1.13 bits per heavy atom. The summed E-state index contributed by atoms with van der Waals surface area (Å²) < 4.78 is 27.0. The lowest BCUT2D eigenvalue weighted by Gasteiger charge is -2.36. The first-order chi connectivity index (χ1) is 14.5. The first-order valence-electron chi connectivity index (χ1n) is 9.64. The molecule has 2 aromatic carbocycles. The summed E-state index contributed by atoms with van der Waals surface area (Å²) in [5, 5.41) is 2.07. The quantitative estimate of drug-likeness (QED) is 0.592. The lowest BCUT2D eigenvalue weighted by atomic mass is 9.92. The topological polar surface area (TPSA) is 66.5 Å². The van der Waals surface area contributed by atoms with Crippen LogP contribution in [0.25, 0.3) is 0 Å². The van der Waals surface area contributed by atoms with Gasteiger partial charge >= 0.3 is 0 Å². The van der Waals surface area contributed by atoms with Gasteiger partial charge in [0, 0.05) is 23.5 Å². The molecule has 154 valence electrons. The highest BCUT2D eigenvalue weighted by Gasteiger charge is 2.33. The van der Waals surface area contributed by atoms with Gasteiger partial charge in [-0.1, -0.05) is 36.4 Å². The number of rotatable bonds is 6. The summed E-state index contributed by atoms with van der Waals surface area (Å²) in [5.41, 5.74) is 2.70. The smallest absolute Gasteiger partial charge is 0.254 e. The minimum atomic E-state index is -3.62. The molecule has 1 aromatic heterocycles. The van der Waals surface area contributed by atoms with E-state index in [0.29, 0.717) is 12.1 Å². The minimum absolute atomic E-state index is 0.108. The largest absolute Gasteiger partial charge is 0.327 e. The second-order valence-electron chi connectivity index (χ2n) is 7.03.